The van der Waals surface area contributed by atoms with Crippen LogP contribution >= 0.6 is 0 Å². The van der Waals surface area contributed by atoms with Gasteiger partial charge in [-0.05, 0) is 44.9 Å². The topological polar surface area (TPSA) is 79.6 Å². The zero-order valence-corrected chi connectivity index (χ0v) is 13.7. The lowest BCUT2D eigenvalue weighted by atomic mass is 10.1. The largest absolute Gasteiger partial charge is 0.338 e. The second-order valence-electron chi connectivity index (χ2n) is 5.67. The van der Waals surface area contributed by atoms with Gasteiger partial charge in [0.2, 0.25) is 11.7 Å². The molecule has 3 rings (SSSR count). The van der Waals surface area contributed by atoms with Crippen LogP contribution in [0.2, 0.25) is 0 Å². The van der Waals surface area contributed by atoms with Gasteiger partial charge in [-0.15, -0.1) is 0 Å². The minimum Gasteiger partial charge on any atom is -0.338 e. The SMILES string of the molecule is Cc1ccccc1-c1noc(CNCCc2c(C)n[nH]c2C)n1. The molecule has 0 spiro atoms. The molecule has 23 heavy (non-hydrogen) atoms. The first-order chi connectivity index (χ1) is 11.1. The van der Waals surface area contributed by atoms with E-state index in [0.717, 1.165) is 35.5 Å². The van der Waals surface area contributed by atoms with E-state index < -0.39 is 0 Å². The molecule has 0 atom stereocenters. The summed E-state index contributed by atoms with van der Waals surface area (Å²) in [5.41, 5.74) is 5.60. The van der Waals surface area contributed by atoms with E-state index in [9.17, 15) is 0 Å². The molecule has 0 aliphatic heterocycles. The van der Waals surface area contributed by atoms with Crippen LogP contribution in [0.5, 0.6) is 0 Å². The highest BCUT2D eigenvalue weighted by atomic mass is 16.5. The van der Waals surface area contributed by atoms with Crippen molar-refractivity contribution in [2.45, 2.75) is 33.7 Å². The second kappa shape index (κ2) is 6.75. The molecule has 0 bridgehead atoms. The molecule has 0 radical (unpaired) electrons. The standard InChI is InChI=1S/C17H21N5O/c1-11-6-4-5-7-14(11)17-19-16(23-22-17)10-18-9-8-15-12(2)20-21-13(15)3/h4-7,18H,8-10H2,1-3H3,(H,20,21). The number of rotatable bonds is 6. The van der Waals surface area contributed by atoms with Gasteiger partial charge in [0.25, 0.3) is 0 Å². The number of benzene rings is 1. The summed E-state index contributed by atoms with van der Waals surface area (Å²) >= 11 is 0. The van der Waals surface area contributed by atoms with Gasteiger partial charge in [0.15, 0.2) is 0 Å². The Kier molecular flexibility index (Phi) is 4.52. The average molecular weight is 311 g/mol. The summed E-state index contributed by atoms with van der Waals surface area (Å²) < 4.78 is 5.32. The van der Waals surface area contributed by atoms with Crippen molar-refractivity contribution >= 4 is 0 Å². The van der Waals surface area contributed by atoms with Gasteiger partial charge >= 0.3 is 0 Å². The molecule has 2 heterocycles. The molecule has 0 saturated heterocycles. The Morgan fingerprint density at radius 1 is 1.17 bits per heavy atom. The van der Waals surface area contributed by atoms with Gasteiger partial charge in [-0.25, -0.2) is 0 Å². The number of H-pyrrole nitrogens is 1. The molecule has 2 N–H and O–H groups in total. The summed E-state index contributed by atoms with van der Waals surface area (Å²) in [5, 5.41) is 14.6. The van der Waals surface area contributed by atoms with Crippen molar-refractivity contribution in [3.8, 4) is 11.4 Å². The number of hydrogen-bond donors (Lipinski definition) is 2. The van der Waals surface area contributed by atoms with Gasteiger partial charge in [0.05, 0.1) is 12.2 Å². The molecular weight excluding hydrogens is 290 g/mol. The molecule has 0 aliphatic carbocycles. The third-order valence-corrected chi connectivity index (χ3v) is 3.96. The van der Waals surface area contributed by atoms with E-state index >= 15 is 0 Å². The van der Waals surface area contributed by atoms with Crippen molar-refractivity contribution in [2.24, 2.45) is 0 Å². The minimum absolute atomic E-state index is 0.564. The summed E-state index contributed by atoms with van der Waals surface area (Å²) in [4.78, 5) is 4.45. The Hall–Kier alpha value is -2.47. The highest BCUT2D eigenvalue weighted by Gasteiger charge is 2.10. The number of aromatic nitrogens is 4. The molecule has 3 aromatic rings. The predicted octanol–water partition coefficient (Wildman–Crippen LogP) is 2.72. The first kappa shape index (κ1) is 15.4. The van der Waals surface area contributed by atoms with Crippen LogP contribution in [0.1, 0.15) is 28.4 Å². The van der Waals surface area contributed by atoms with Crippen LogP contribution in [0.25, 0.3) is 11.4 Å². The average Bonchev–Trinajstić information content (AvgIpc) is 3.13. The Morgan fingerprint density at radius 2 is 2.00 bits per heavy atom. The number of nitrogens with zero attached hydrogens (tertiary/aromatic N) is 3. The molecule has 6 nitrogen and oxygen atoms in total. The molecule has 6 heteroatoms. The van der Waals surface area contributed by atoms with Gasteiger partial charge in [-0.1, -0.05) is 29.4 Å². The maximum absolute atomic E-state index is 5.32. The number of aryl methyl sites for hydroxylation is 3. The van der Waals surface area contributed by atoms with E-state index in [1.807, 2.05) is 45.0 Å². The molecule has 120 valence electrons. The highest BCUT2D eigenvalue weighted by Crippen LogP contribution is 2.19. The van der Waals surface area contributed by atoms with E-state index in [1.165, 1.54) is 5.56 Å². The molecule has 0 fully saturated rings. The minimum atomic E-state index is 0.564. The lowest BCUT2D eigenvalue weighted by Crippen LogP contribution is -2.17. The maximum Gasteiger partial charge on any atom is 0.240 e. The summed E-state index contributed by atoms with van der Waals surface area (Å²) in [7, 11) is 0. The van der Waals surface area contributed by atoms with Crippen molar-refractivity contribution < 1.29 is 4.52 Å². The van der Waals surface area contributed by atoms with E-state index in [1.54, 1.807) is 0 Å². The fourth-order valence-electron chi connectivity index (χ4n) is 2.61. The quantitative estimate of drug-likeness (QED) is 0.684. The Bertz CT molecular complexity index is 770. The fourth-order valence-corrected chi connectivity index (χ4v) is 2.61. The van der Waals surface area contributed by atoms with E-state index in [-0.39, 0.29) is 0 Å². The monoisotopic (exact) mass is 311 g/mol. The van der Waals surface area contributed by atoms with Crippen LogP contribution in [0.15, 0.2) is 28.8 Å². The van der Waals surface area contributed by atoms with Gasteiger partial charge in [-0.3, -0.25) is 5.10 Å². The normalized spacial score (nSPS) is 11.1. The Balaban J connectivity index is 1.55. The molecule has 0 aliphatic rings. The first-order valence-electron chi connectivity index (χ1n) is 7.75. The van der Waals surface area contributed by atoms with Crippen LogP contribution in [-0.4, -0.2) is 26.9 Å². The molecule has 2 aromatic heterocycles. The van der Waals surface area contributed by atoms with Gasteiger partial charge in [0, 0.05) is 11.3 Å². The number of aromatic amines is 1. The van der Waals surface area contributed by atoms with Crippen LogP contribution in [0.3, 0.4) is 0 Å². The zero-order chi connectivity index (χ0) is 16.2. The van der Waals surface area contributed by atoms with E-state index in [4.69, 9.17) is 4.52 Å². The fraction of sp³-hybridized carbons (Fsp3) is 0.353. The maximum atomic E-state index is 5.32. The van der Waals surface area contributed by atoms with Crippen LogP contribution in [0.4, 0.5) is 0 Å². The molecule has 0 unspecified atom stereocenters. The van der Waals surface area contributed by atoms with Crippen LogP contribution in [-0.2, 0) is 13.0 Å². The lowest BCUT2D eigenvalue weighted by molar-refractivity contribution is 0.368. The van der Waals surface area contributed by atoms with Crippen LogP contribution < -0.4 is 5.32 Å². The summed E-state index contributed by atoms with van der Waals surface area (Å²) in [6, 6.07) is 8.02. The zero-order valence-electron chi connectivity index (χ0n) is 13.7. The van der Waals surface area contributed by atoms with Crippen molar-refractivity contribution in [2.75, 3.05) is 6.54 Å². The van der Waals surface area contributed by atoms with Crippen molar-refractivity contribution in [3.05, 3.63) is 52.7 Å². The second-order valence-corrected chi connectivity index (χ2v) is 5.67. The van der Waals surface area contributed by atoms with Gasteiger partial charge < -0.3 is 9.84 Å². The van der Waals surface area contributed by atoms with Crippen molar-refractivity contribution in [1.29, 1.82) is 0 Å². The van der Waals surface area contributed by atoms with E-state index in [2.05, 4.69) is 25.7 Å². The molecule has 0 saturated carbocycles. The van der Waals surface area contributed by atoms with Gasteiger partial charge in [-0.2, -0.15) is 10.1 Å². The molecule has 1 aromatic carbocycles. The highest BCUT2D eigenvalue weighted by molar-refractivity contribution is 5.58. The summed E-state index contributed by atoms with van der Waals surface area (Å²) in [6.45, 7) is 7.50. The smallest absolute Gasteiger partial charge is 0.240 e. The van der Waals surface area contributed by atoms with Gasteiger partial charge in [0.1, 0.15) is 0 Å². The Morgan fingerprint density at radius 3 is 2.74 bits per heavy atom. The third kappa shape index (κ3) is 3.48. The summed E-state index contributed by atoms with van der Waals surface area (Å²) in [6.07, 6.45) is 0.924. The Labute approximate surface area is 135 Å². The molecule has 0 amide bonds. The number of hydrogen-bond acceptors (Lipinski definition) is 5. The summed E-state index contributed by atoms with van der Waals surface area (Å²) in [5.74, 6) is 1.24. The van der Waals surface area contributed by atoms with E-state index in [0.29, 0.717) is 18.3 Å². The van der Waals surface area contributed by atoms with Crippen molar-refractivity contribution in [3.63, 3.8) is 0 Å². The van der Waals surface area contributed by atoms with Crippen LogP contribution in [0, 0.1) is 20.8 Å². The first-order valence-corrected chi connectivity index (χ1v) is 7.75. The predicted molar refractivity (Wildman–Crippen MR) is 87.9 cm³/mol. The number of nitrogens with one attached hydrogen (secondary N) is 2. The third-order valence-electron chi connectivity index (χ3n) is 3.96. The van der Waals surface area contributed by atoms with Crippen molar-refractivity contribution in [1.82, 2.24) is 25.7 Å². The molecular formula is C17H21N5O. The lowest BCUT2D eigenvalue weighted by Gasteiger charge is -2.02.